The molecule has 2 unspecified atom stereocenters. The van der Waals surface area contributed by atoms with E-state index in [1.807, 2.05) is 38.2 Å². The average Bonchev–Trinajstić information content (AvgIpc) is 3.60. The third-order valence-corrected chi connectivity index (χ3v) is 6.45. The number of benzene rings is 1. The van der Waals surface area contributed by atoms with E-state index >= 15 is 0 Å². The fourth-order valence-electron chi connectivity index (χ4n) is 4.40. The van der Waals surface area contributed by atoms with E-state index in [1.54, 1.807) is 18.2 Å². The first-order valence-corrected chi connectivity index (χ1v) is 11.3. The van der Waals surface area contributed by atoms with Crippen molar-refractivity contribution in [2.24, 2.45) is 11.3 Å². The second-order valence-electron chi connectivity index (χ2n) is 9.03. The molecule has 1 aromatic rings. The van der Waals surface area contributed by atoms with Gasteiger partial charge in [-0.1, -0.05) is 55.5 Å². The van der Waals surface area contributed by atoms with Crippen molar-refractivity contribution < 1.29 is 19.0 Å². The molecule has 2 aliphatic rings. The van der Waals surface area contributed by atoms with Gasteiger partial charge in [0.05, 0.1) is 13.2 Å². The molecule has 2 aliphatic carbocycles. The Balaban J connectivity index is 2.18. The van der Waals surface area contributed by atoms with Crippen LogP contribution in [0.2, 0.25) is 0 Å². The number of hydrogen-bond donors (Lipinski definition) is 1. The molecule has 0 aliphatic heterocycles. The fraction of sp³-hybridized carbons (Fsp3) is 0.444. The highest BCUT2D eigenvalue weighted by atomic mass is 19.1. The number of carbonyl (C=O) groups excluding carboxylic acids is 1. The number of halogens is 1. The van der Waals surface area contributed by atoms with Crippen LogP contribution in [-0.4, -0.2) is 43.1 Å². The Bertz CT molecular complexity index is 929. The van der Waals surface area contributed by atoms with Crippen molar-refractivity contribution in [3.63, 3.8) is 0 Å². The Morgan fingerprint density at radius 1 is 1.31 bits per heavy atom. The zero-order valence-corrected chi connectivity index (χ0v) is 19.3. The molecular weight excluding hydrogens is 405 g/mol. The molecule has 0 radical (unpaired) electrons. The Labute approximate surface area is 190 Å². The van der Waals surface area contributed by atoms with Crippen LogP contribution in [0.1, 0.15) is 49.0 Å². The summed E-state index contributed by atoms with van der Waals surface area (Å²) < 4.78 is 20.9. The molecule has 32 heavy (non-hydrogen) atoms. The molecule has 0 amide bonds. The molecule has 1 saturated carbocycles. The summed E-state index contributed by atoms with van der Waals surface area (Å²) in [6.07, 6.45) is 13.7. The summed E-state index contributed by atoms with van der Waals surface area (Å²) in [6, 6.07) is 7.42. The molecule has 1 aromatic carbocycles. The second kappa shape index (κ2) is 10.5. The standard InChI is InChI=1S/C27H34FNO3/c1-4-8-21(2)17-29(3)27(32-20-26(19-31)15-16-26,23-10-7-11-24(28)14-13-23)25-12-6-5-9-22(25)18-30/h4-9,11-14,18,21,31H,10,15-17,19-20H2,1-3H3/b8-4-. The summed E-state index contributed by atoms with van der Waals surface area (Å²) in [5, 5.41) is 9.92. The zero-order valence-electron chi connectivity index (χ0n) is 19.3. The maximum Gasteiger partial charge on any atom is 0.171 e. The second-order valence-corrected chi connectivity index (χ2v) is 9.03. The quantitative estimate of drug-likeness (QED) is 0.288. The number of likely N-dealkylation sites (N-methyl/N-ethyl adjacent to an activating group) is 1. The first-order valence-electron chi connectivity index (χ1n) is 11.3. The number of ether oxygens (including phenoxy) is 1. The van der Waals surface area contributed by atoms with Gasteiger partial charge in [-0.2, -0.15) is 0 Å². The minimum atomic E-state index is -1.08. The molecule has 2 atom stereocenters. The van der Waals surface area contributed by atoms with Crippen LogP contribution in [0.15, 0.2) is 72.1 Å². The SMILES string of the molecule is C/C=C\C(C)CN(C)C(OCC1(CO)CC1)(C1=CC=C(F)C=CC1)c1ccccc1C=O. The molecule has 0 spiro atoms. The van der Waals surface area contributed by atoms with Crippen LogP contribution in [0, 0.1) is 11.3 Å². The fourth-order valence-corrected chi connectivity index (χ4v) is 4.40. The highest BCUT2D eigenvalue weighted by Gasteiger charge is 2.48. The average molecular weight is 440 g/mol. The van der Waals surface area contributed by atoms with Gasteiger partial charge in [-0.15, -0.1) is 0 Å². The molecule has 4 nitrogen and oxygen atoms in total. The van der Waals surface area contributed by atoms with Gasteiger partial charge in [-0.25, -0.2) is 4.39 Å². The van der Waals surface area contributed by atoms with Crippen LogP contribution in [0.25, 0.3) is 0 Å². The maximum absolute atomic E-state index is 14.1. The molecular formula is C27H34FNO3. The highest BCUT2D eigenvalue weighted by molar-refractivity contribution is 5.78. The Morgan fingerprint density at radius 2 is 2.06 bits per heavy atom. The van der Waals surface area contributed by atoms with Crippen LogP contribution in [0.5, 0.6) is 0 Å². The number of hydrogen-bond acceptors (Lipinski definition) is 4. The van der Waals surface area contributed by atoms with Crippen molar-refractivity contribution in [3.8, 4) is 0 Å². The minimum Gasteiger partial charge on any atom is -0.396 e. The summed E-state index contributed by atoms with van der Waals surface area (Å²) in [5.41, 5.74) is 0.780. The lowest BCUT2D eigenvalue weighted by molar-refractivity contribution is -0.147. The predicted octanol–water partition coefficient (Wildman–Crippen LogP) is 5.32. The van der Waals surface area contributed by atoms with Crippen LogP contribution >= 0.6 is 0 Å². The number of aliphatic hydroxyl groups is 1. The molecule has 0 aromatic heterocycles. The first-order chi connectivity index (χ1) is 15.4. The lowest BCUT2D eigenvalue weighted by Crippen LogP contribution is -2.50. The number of aldehydes is 1. The number of rotatable bonds is 11. The van der Waals surface area contributed by atoms with Gasteiger partial charge in [0.15, 0.2) is 12.0 Å². The van der Waals surface area contributed by atoms with Crippen LogP contribution in [-0.2, 0) is 10.5 Å². The van der Waals surface area contributed by atoms with E-state index in [-0.39, 0.29) is 23.8 Å². The summed E-state index contributed by atoms with van der Waals surface area (Å²) >= 11 is 0. The van der Waals surface area contributed by atoms with Crippen molar-refractivity contribution in [1.29, 1.82) is 0 Å². The van der Waals surface area contributed by atoms with Crippen LogP contribution in [0.3, 0.4) is 0 Å². The van der Waals surface area contributed by atoms with Crippen molar-refractivity contribution in [1.82, 2.24) is 4.90 Å². The molecule has 3 rings (SSSR count). The Morgan fingerprint density at radius 3 is 2.72 bits per heavy atom. The lowest BCUT2D eigenvalue weighted by Gasteiger charge is -2.45. The van der Waals surface area contributed by atoms with Crippen LogP contribution in [0.4, 0.5) is 4.39 Å². The number of allylic oxidation sites excluding steroid dienone is 6. The maximum atomic E-state index is 14.1. The largest absolute Gasteiger partial charge is 0.396 e. The topological polar surface area (TPSA) is 49.8 Å². The third-order valence-electron chi connectivity index (χ3n) is 6.45. The van der Waals surface area contributed by atoms with Gasteiger partial charge in [0.2, 0.25) is 0 Å². The Kier molecular flexibility index (Phi) is 7.99. The Hall–Kier alpha value is -2.34. The molecule has 0 heterocycles. The molecule has 172 valence electrons. The van der Waals surface area contributed by atoms with Gasteiger partial charge in [-0.05, 0) is 56.9 Å². The molecule has 1 fully saturated rings. The smallest absolute Gasteiger partial charge is 0.171 e. The van der Waals surface area contributed by atoms with E-state index in [1.165, 1.54) is 12.2 Å². The van der Waals surface area contributed by atoms with Gasteiger partial charge in [0, 0.05) is 23.1 Å². The zero-order chi connectivity index (χ0) is 23.2. The van der Waals surface area contributed by atoms with Gasteiger partial charge < -0.3 is 9.84 Å². The number of aliphatic hydroxyl groups excluding tert-OH is 1. The third kappa shape index (κ3) is 5.17. The van der Waals surface area contributed by atoms with Gasteiger partial charge in [-0.3, -0.25) is 9.69 Å². The van der Waals surface area contributed by atoms with E-state index in [4.69, 9.17) is 4.74 Å². The lowest BCUT2D eigenvalue weighted by atomic mass is 9.86. The first kappa shape index (κ1) is 24.3. The molecule has 5 heteroatoms. The minimum absolute atomic E-state index is 0.0601. The van der Waals surface area contributed by atoms with Gasteiger partial charge in [0.25, 0.3) is 0 Å². The molecule has 0 saturated heterocycles. The molecule has 1 N–H and O–H groups in total. The van der Waals surface area contributed by atoms with Gasteiger partial charge >= 0.3 is 0 Å². The van der Waals surface area contributed by atoms with Crippen molar-refractivity contribution >= 4 is 6.29 Å². The predicted molar refractivity (Wildman–Crippen MR) is 126 cm³/mol. The normalized spacial score (nSPS) is 20.4. The van der Waals surface area contributed by atoms with Crippen molar-refractivity contribution in [2.45, 2.75) is 38.8 Å². The summed E-state index contributed by atoms with van der Waals surface area (Å²) in [6.45, 7) is 5.20. The summed E-state index contributed by atoms with van der Waals surface area (Å²) in [7, 11) is 1.98. The van der Waals surface area contributed by atoms with Crippen molar-refractivity contribution in [3.05, 3.63) is 83.2 Å². The number of carbonyl (C=O) groups is 1. The van der Waals surface area contributed by atoms with E-state index in [0.717, 1.165) is 30.3 Å². The van der Waals surface area contributed by atoms with Gasteiger partial charge in [0.1, 0.15) is 5.83 Å². The summed E-state index contributed by atoms with van der Waals surface area (Å²) in [4.78, 5) is 14.2. The van der Waals surface area contributed by atoms with E-state index in [9.17, 15) is 14.3 Å². The number of nitrogens with zero attached hydrogens (tertiary/aromatic N) is 1. The highest BCUT2D eigenvalue weighted by Crippen LogP contribution is 2.49. The molecule has 0 bridgehead atoms. The van der Waals surface area contributed by atoms with E-state index < -0.39 is 5.72 Å². The van der Waals surface area contributed by atoms with E-state index in [0.29, 0.717) is 25.1 Å². The monoisotopic (exact) mass is 439 g/mol. The van der Waals surface area contributed by atoms with E-state index in [2.05, 4.69) is 17.9 Å². The summed E-state index contributed by atoms with van der Waals surface area (Å²) in [5.74, 6) is -0.0881. The van der Waals surface area contributed by atoms with Crippen LogP contribution < -0.4 is 0 Å². The van der Waals surface area contributed by atoms with Crippen molar-refractivity contribution in [2.75, 3.05) is 26.8 Å².